The number of aromatic nitrogens is 2. The van der Waals surface area contributed by atoms with Gasteiger partial charge in [-0.2, -0.15) is 4.98 Å². The summed E-state index contributed by atoms with van der Waals surface area (Å²) in [6, 6.07) is 10.1. The van der Waals surface area contributed by atoms with Gasteiger partial charge in [-0.15, -0.1) is 12.4 Å². The summed E-state index contributed by atoms with van der Waals surface area (Å²) in [4.78, 5) is 47.7. The molecule has 11 nitrogen and oxygen atoms in total. The Balaban J connectivity index is 0.00000370. The minimum atomic E-state index is -0.945. The van der Waals surface area contributed by atoms with E-state index in [1.54, 1.807) is 35.9 Å². The number of nitrogens with one attached hydrogen (secondary N) is 1. The van der Waals surface area contributed by atoms with Crippen LogP contribution < -0.4 is 22.5 Å². The van der Waals surface area contributed by atoms with E-state index in [4.69, 9.17) is 11.5 Å². The highest BCUT2D eigenvalue weighted by Crippen LogP contribution is 2.48. The molecule has 1 aliphatic carbocycles. The fraction of sp³-hybridized carbons (Fsp3) is 0.571. The first kappa shape index (κ1) is 30.0. The number of amides is 3. The summed E-state index contributed by atoms with van der Waals surface area (Å²) in [5.41, 5.74) is 12.9. The molecule has 1 aromatic carbocycles. The standard InChI is InChI=1S/C28H40N8O3.ClH/c1-19(35-17-28(18-35)15-21(29)16-28)14-20-4-6-22(7-5-20)36-9-8-23(32-26(36)39)31-25(38)34-12-10-33(11-13-34)24(37)27(2,3)30;/h4-9,19,21H,10-18,29-30H2,1-3H3,(H,31,32,38,39);1H. The maximum absolute atomic E-state index is 12.7. The van der Waals surface area contributed by atoms with E-state index in [1.165, 1.54) is 10.1 Å². The first-order chi connectivity index (χ1) is 18.4. The third-order valence-corrected chi connectivity index (χ3v) is 8.28. The maximum atomic E-state index is 12.7. The fourth-order valence-electron chi connectivity index (χ4n) is 6.08. The first-order valence-corrected chi connectivity index (χ1v) is 13.8. The third kappa shape index (κ3) is 6.33. The van der Waals surface area contributed by atoms with Gasteiger partial charge in [-0.25, -0.2) is 9.59 Å². The lowest BCUT2D eigenvalue weighted by Gasteiger charge is -2.60. The van der Waals surface area contributed by atoms with Crippen LogP contribution in [-0.2, 0) is 11.2 Å². The van der Waals surface area contributed by atoms with Crippen LogP contribution >= 0.6 is 12.4 Å². The molecule has 1 aromatic heterocycles. The van der Waals surface area contributed by atoms with Crippen LogP contribution in [0.2, 0.25) is 0 Å². The molecule has 3 heterocycles. The molecule has 5 rings (SSSR count). The Morgan fingerprint density at radius 2 is 1.68 bits per heavy atom. The number of nitrogens with two attached hydrogens (primary N) is 2. The smallest absolute Gasteiger partial charge is 0.338 e. The summed E-state index contributed by atoms with van der Waals surface area (Å²) in [5.74, 6) is 0.0482. The molecule has 218 valence electrons. The van der Waals surface area contributed by atoms with Gasteiger partial charge in [0.2, 0.25) is 5.91 Å². The normalized spacial score (nSPS) is 19.8. The SMILES string of the molecule is CC(Cc1ccc(-n2ccc(NC(=O)N3CCN(C(=O)C(C)(C)N)CC3)nc2=O)cc1)N1CC2(CC(N)C2)C1.Cl. The molecule has 3 aliphatic rings. The highest BCUT2D eigenvalue weighted by Gasteiger charge is 2.51. The van der Waals surface area contributed by atoms with Crippen molar-refractivity contribution in [1.82, 2.24) is 24.3 Å². The number of nitrogens with zero attached hydrogens (tertiary/aromatic N) is 5. The number of hydrogen-bond acceptors (Lipinski definition) is 7. The molecule has 3 amide bonds. The van der Waals surface area contributed by atoms with E-state index in [1.807, 2.05) is 12.1 Å². The highest BCUT2D eigenvalue weighted by atomic mass is 35.5. The monoisotopic (exact) mass is 572 g/mol. The second-order valence-corrected chi connectivity index (χ2v) is 12.2. The molecule has 40 heavy (non-hydrogen) atoms. The molecule has 0 radical (unpaired) electrons. The van der Waals surface area contributed by atoms with Crippen LogP contribution in [0.15, 0.2) is 41.3 Å². The summed E-state index contributed by atoms with van der Waals surface area (Å²) in [6.45, 7) is 9.47. The van der Waals surface area contributed by atoms with Crippen LogP contribution in [0.3, 0.4) is 0 Å². The van der Waals surface area contributed by atoms with Gasteiger partial charge in [0.15, 0.2) is 0 Å². The molecule has 2 aliphatic heterocycles. The summed E-state index contributed by atoms with van der Waals surface area (Å²) < 4.78 is 1.46. The minimum Gasteiger partial charge on any atom is -0.338 e. The number of benzene rings is 1. The largest absolute Gasteiger partial charge is 0.354 e. The molecule has 1 unspecified atom stereocenters. The Bertz CT molecular complexity index is 1270. The van der Waals surface area contributed by atoms with E-state index in [-0.39, 0.29) is 30.2 Å². The lowest BCUT2D eigenvalue weighted by molar-refractivity contribution is -0.137. The van der Waals surface area contributed by atoms with Gasteiger partial charge in [0.25, 0.3) is 0 Å². The van der Waals surface area contributed by atoms with Crippen molar-refractivity contribution in [1.29, 1.82) is 0 Å². The third-order valence-electron chi connectivity index (χ3n) is 8.28. The minimum absolute atomic E-state index is 0. The zero-order valence-corrected chi connectivity index (χ0v) is 24.3. The van der Waals surface area contributed by atoms with E-state index >= 15 is 0 Å². The van der Waals surface area contributed by atoms with Crippen LogP contribution in [0.25, 0.3) is 5.69 Å². The van der Waals surface area contributed by atoms with Gasteiger partial charge in [-0.1, -0.05) is 12.1 Å². The number of carbonyl (C=O) groups excluding carboxylic acids is 2. The Morgan fingerprint density at radius 1 is 1.07 bits per heavy atom. The lowest BCUT2D eigenvalue weighted by atomic mass is 9.60. The van der Waals surface area contributed by atoms with Crippen molar-refractivity contribution >= 4 is 30.2 Å². The quantitative estimate of drug-likeness (QED) is 0.475. The number of rotatable bonds is 6. The van der Waals surface area contributed by atoms with Gasteiger partial charge < -0.3 is 21.3 Å². The summed E-state index contributed by atoms with van der Waals surface area (Å²) in [5, 5.41) is 2.70. The molecule has 2 saturated heterocycles. The Labute approximate surface area is 241 Å². The average molecular weight is 573 g/mol. The summed E-state index contributed by atoms with van der Waals surface area (Å²) >= 11 is 0. The van der Waals surface area contributed by atoms with Gasteiger partial charge in [-0.05, 0) is 69.2 Å². The van der Waals surface area contributed by atoms with Gasteiger partial charge in [0, 0.05) is 57.5 Å². The molecule has 1 spiro atoms. The van der Waals surface area contributed by atoms with Gasteiger partial charge in [-0.3, -0.25) is 19.6 Å². The molecule has 1 atom stereocenters. The van der Waals surface area contributed by atoms with E-state index < -0.39 is 11.2 Å². The first-order valence-electron chi connectivity index (χ1n) is 13.8. The Morgan fingerprint density at radius 3 is 2.23 bits per heavy atom. The molecule has 12 heteroatoms. The summed E-state index contributed by atoms with van der Waals surface area (Å²) in [6.07, 6.45) is 4.88. The predicted octanol–water partition coefficient (Wildman–Crippen LogP) is 1.42. The van der Waals surface area contributed by atoms with Gasteiger partial charge >= 0.3 is 11.7 Å². The fourth-order valence-corrected chi connectivity index (χ4v) is 6.08. The molecule has 1 saturated carbocycles. The second kappa shape index (κ2) is 11.5. The van der Waals surface area contributed by atoms with E-state index in [0.717, 1.165) is 38.0 Å². The Hall–Kier alpha value is -2.99. The molecule has 0 bridgehead atoms. The number of anilines is 1. The van der Waals surface area contributed by atoms with Crippen LogP contribution in [0.1, 0.15) is 39.2 Å². The second-order valence-electron chi connectivity index (χ2n) is 12.2. The molecule has 5 N–H and O–H groups in total. The van der Waals surface area contributed by atoms with Crippen molar-refractivity contribution in [3.8, 4) is 5.69 Å². The van der Waals surface area contributed by atoms with Crippen LogP contribution in [0, 0.1) is 5.41 Å². The van der Waals surface area contributed by atoms with Gasteiger partial charge in [0.05, 0.1) is 11.2 Å². The van der Waals surface area contributed by atoms with Crippen molar-refractivity contribution in [2.75, 3.05) is 44.6 Å². The van der Waals surface area contributed by atoms with Gasteiger partial charge in [0.1, 0.15) is 5.82 Å². The van der Waals surface area contributed by atoms with E-state index in [0.29, 0.717) is 43.7 Å². The van der Waals surface area contributed by atoms with E-state index in [2.05, 4.69) is 34.3 Å². The van der Waals surface area contributed by atoms with E-state index in [9.17, 15) is 14.4 Å². The topological polar surface area (TPSA) is 143 Å². The number of piperazine rings is 1. The zero-order chi connectivity index (χ0) is 27.9. The number of hydrogen-bond donors (Lipinski definition) is 3. The lowest BCUT2D eigenvalue weighted by Crippen LogP contribution is -2.67. The molecule has 2 aromatic rings. The van der Waals surface area contributed by atoms with Crippen LogP contribution in [0.4, 0.5) is 10.6 Å². The number of likely N-dealkylation sites (tertiary alicyclic amines) is 1. The maximum Gasteiger partial charge on any atom is 0.354 e. The average Bonchev–Trinajstić information content (AvgIpc) is 2.85. The van der Waals surface area contributed by atoms with Crippen molar-refractivity contribution in [3.05, 3.63) is 52.6 Å². The molecular weight excluding hydrogens is 532 g/mol. The van der Waals surface area contributed by atoms with Crippen molar-refractivity contribution in [2.45, 2.75) is 57.7 Å². The van der Waals surface area contributed by atoms with Crippen molar-refractivity contribution in [2.24, 2.45) is 16.9 Å². The number of halogens is 1. The van der Waals surface area contributed by atoms with Crippen LogP contribution in [0.5, 0.6) is 0 Å². The van der Waals surface area contributed by atoms with Crippen molar-refractivity contribution in [3.63, 3.8) is 0 Å². The zero-order valence-electron chi connectivity index (χ0n) is 23.5. The number of carbonyl (C=O) groups is 2. The summed E-state index contributed by atoms with van der Waals surface area (Å²) in [7, 11) is 0. The highest BCUT2D eigenvalue weighted by molar-refractivity contribution is 5.89. The van der Waals surface area contributed by atoms with Crippen molar-refractivity contribution < 1.29 is 9.59 Å². The Kier molecular flexibility index (Phi) is 8.60. The predicted molar refractivity (Wildman–Crippen MR) is 157 cm³/mol. The molecule has 3 fully saturated rings. The molecular formula is C28H41ClN8O3. The number of urea groups is 1. The van der Waals surface area contributed by atoms with Crippen LogP contribution in [-0.4, -0.2) is 93.1 Å².